The predicted octanol–water partition coefficient (Wildman–Crippen LogP) is 2.94. The molecule has 1 saturated carbocycles. The van der Waals surface area contributed by atoms with Crippen molar-refractivity contribution in [3.8, 4) is 17.0 Å². The lowest BCUT2D eigenvalue weighted by atomic mass is 10.1. The molecule has 2 bridgehead atoms. The fraction of sp³-hybridized carbons (Fsp3) is 0.435. The number of carbonyl (C=O) groups is 1. The Morgan fingerprint density at radius 2 is 1.90 bits per heavy atom. The van der Waals surface area contributed by atoms with Crippen LogP contribution in [0, 0.1) is 5.92 Å². The van der Waals surface area contributed by atoms with Crippen LogP contribution in [0.15, 0.2) is 42.9 Å². The van der Waals surface area contributed by atoms with Crippen LogP contribution in [0.3, 0.4) is 0 Å². The number of carbonyl (C=O) groups excluding carboxylic acids is 1. The topological polar surface area (TPSA) is 63.0 Å². The molecule has 0 N–H and O–H groups in total. The van der Waals surface area contributed by atoms with Gasteiger partial charge >= 0.3 is 0 Å². The minimum Gasteiger partial charge on any atom is -0.481 e. The zero-order valence-corrected chi connectivity index (χ0v) is 17.3. The van der Waals surface area contributed by atoms with Gasteiger partial charge in [-0.25, -0.2) is 13.9 Å². The Bertz CT molecular complexity index is 1150. The molecular weight excluding hydrogens is 397 g/mol. The number of pyridine rings is 1. The molecule has 31 heavy (non-hydrogen) atoms. The number of alkyl halides is 1. The summed E-state index contributed by atoms with van der Waals surface area (Å²) in [5.41, 5.74) is 4.20. The van der Waals surface area contributed by atoms with Gasteiger partial charge in [-0.2, -0.15) is 5.10 Å². The summed E-state index contributed by atoms with van der Waals surface area (Å²) in [6, 6.07) is 8.36. The Hall–Kier alpha value is -3.16. The Labute approximate surface area is 179 Å². The van der Waals surface area contributed by atoms with Crippen LogP contribution in [0.25, 0.3) is 16.6 Å². The van der Waals surface area contributed by atoms with Gasteiger partial charge < -0.3 is 14.5 Å². The molecule has 3 aromatic rings. The van der Waals surface area contributed by atoms with Crippen LogP contribution in [0.2, 0.25) is 0 Å². The number of ether oxygens (including phenoxy) is 1. The van der Waals surface area contributed by atoms with Gasteiger partial charge in [0.2, 0.25) is 11.8 Å². The Balaban J connectivity index is 1.30. The van der Waals surface area contributed by atoms with E-state index in [4.69, 9.17) is 4.74 Å². The predicted molar refractivity (Wildman–Crippen MR) is 114 cm³/mol. The molecule has 3 aromatic heterocycles. The van der Waals surface area contributed by atoms with Gasteiger partial charge in [0, 0.05) is 55.4 Å². The number of rotatable bonds is 4. The van der Waals surface area contributed by atoms with Crippen molar-refractivity contribution in [1.29, 1.82) is 0 Å². The van der Waals surface area contributed by atoms with Gasteiger partial charge in [0.15, 0.2) is 0 Å². The molecule has 3 fully saturated rings. The van der Waals surface area contributed by atoms with Crippen LogP contribution in [-0.2, 0) is 4.79 Å². The van der Waals surface area contributed by atoms with Crippen molar-refractivity contribution in [1.82, 2.24) is 19.5 Å². The number of amides is 1. The SMILES string of the molecule is COc1cc(-c2cc3c(N4CC5CCC(C4)N5C(=O)[C@@H]4C[C@H]4F)ccnn3c2)ccn1. The van der Waals surface area contributed by atoms with Crippen molar-refractivity contribution in [2.45, 2.75) is 37.5 Å². The summed E-state index contributed by atoms with van der Waals surface area (Å²) >= 11 is 0. The molecular formula is C23H24FN5O2. The molecule has 6 rings (SSSR count). The molecule has 0 aromatic carbocycles. The summed E-state index contributed by atoms with van der Waals surface area (Å²) < 4.78 is 20.6. The van der Waals surface area contributed by atoms with Crippen LogP contribution in [-0.4, -0.2) is 63.9 Å². The van der Waals surface area contributed by atoms with Gasteiger partial charge in [-0.3, -0.25) is 4.79 Å². The lowest BCUT2D eigenvalue weighted by Crippen LogP contribution is -2.56. The van der Waals surface area contributed by atoms with E-state index in [1.54, 1.807) is 13.3 Å². The average Bonchev–Trinajstić information content (AvgIpc) is 3.25. The normalized spacial score (nSPS) is 27.0. The third-order valence-corrected chi connectivity index (χ3v) is 6.87. The summed E-state index contributed by atoms with van der Waals surface area (Å²) in [5.74, 6) is 0.202. The quantitative estimate of drug-likeness (QED) is 0.648. The monoisotopic (exact) mass is 421 g/mol. The van der Waals surface area contributed by atoms with E-state index in [9.17, 15) is 9.18 Å². The van der Waals surface area contributed by atoms with Gasteiger partial charge in [-0.1, -0.05) is 0 Å². The number of aromatic nitrogens is 3. The summed E-state index contributed by atoms with van der Waals surface area (Å²) in [6.45, 7) is 1.55. The van der Waals surface area contributed by atoms with E-state index < -0.39 is 12.1 Å². The molecule has 2 aliphatic heterocycles. The lowest BCUT2D eigenvalue weighted by Gasteiger charge is -2.42. The van der Waals surface area contributed by atoms with Crippen LogP contribution in [0.5, 0.6) is 5.88 Å². The Morgan fingerprint density at radius 1 is 1.13 bits per heavy atom. The first-order valence-corrected chi connectivity index (χ1v) is 10.8. The average molecular weight is 421 g/mol. The standard InChI is InChI=1S/C23H24FN5O2/c1-31-22-9-14(4-6-25-22)15-8-21-20(5-7-26-28(21)11-15)27-12-16-2-3-17(13-27)29(16)23(30)18-10-19(18)24/h4-9,11,16-19H,2-3,10,12-13H2,1H3/t16?,17?,18-,19-/m1/s1. The summed E-state index contributed by atoms with van der Waals surface area (Å²) in [7, 11) is 1.61. The third kappa shape index (κ3) is 3.04. The second kappa shape index (κ2) is 6.93. The highest BCUT2D eigenvalue weighted by molar-refractivity contribution is 5.84. The molecule has 4 atom stereocenters. The van der Waals surface area contributed by atoms with E-state index in [1.165, 1.54) is 0 Å². The maximum atomic E-state index is 13.5. The molecule has 1 aliphatic carbocycles. The molecule has 160 valence electrons. The molecule has 0 radical (unpaired) electrons. The molecule has 1 amide bonds. The first-order valence-electron chi connectivity index (χ1n) is 10.8. The minimum atomic E-state index is -0.935. The van der Waals surface area contributed by atoms with E-state index in [1.807, 2.05) is 40.0 Å². The second-order valence-electron chi connectivity index (χ2n) is 8.76. The highest BCUT2D eigenvalue weighted by Crippen LogP contribution is 2.41. The minimum absolute atomic E-state index is 0.0242. The van der Waals surface area contributed by atoms with Gasteiger partial charge in [0.05, 0.1) is 24.2 Å². The Kier molecular flexibility index (Phi) is 4.16. The van der Waals surface area contributed by atoms with Crippen molar-refractivity contribution in [2.24, 2.45) is 5.92 Å². The number of hydrogen-bond donors (Lipinski definition) is 0. The zero-order valence-electron chi connectivity index (χ0n) is 17.3. The number of methoxy groups -OCH3 is 1. The molecule has 0 spiro atoms. The number of piperazine rings is 1. The number of anilines is 1. The van der Waals surface area contributed by atoms with Crippen LogP contribution in [0.4, 0.5) is 10.1 Å². The van der Waals surface area contributed by atoms with Crippen molar-refractivity contribution in [3.63, 3.8) is 0 Å². The third-order valence-electron chi connectivity index (χ3n) is 6.87. The number of hydrogen-bond acceptors (Lipinski definition) is 5. The van der Waals surface area contributed by atoms with E-state index >= 15 is 0 Å². The van der Waals surface area contributed by atoms with Crippen LogP contribution >= 0.6 is 0 Å². The van der Waals surface area contributed by atoms with Gasteiger partial charge in [0.1, 0.15) is 6.17 Å². The highest BCUT2D eigenvalue weighted by atomic mass is 19.1. The molecule has 3 aliphatic rings. The largest absolute Gasteiger partial charge is 0.481 e. The molecule has 2 unspecified atom stereocenters. The fourth-order valence-corrected chi connectivity index (χ4v) is 5.20. The lowest BCUT2D eigenvalue weighted by molar-refractivity contribution is -0.136. The van der Waals surface area contributed by atoms with E-state index in [0.717, 1.165) is 48.3 Å². The van der Waals surface area contributed by atoms with Gasteiger partial charge in [0.25, 0.3) is 0 Å². The van der Waals surface area contributed by atoms with Crippen molar-refractivity contribution >= 4 is 17.1 Å². The van der Waals surface area contributed by atoms with Crippen LogP contribution < -0.4 is 9.64 Å². The maximum absolute atomic E-state index is 13.5. The summed E-state index contributed by atoms with van der Waals surface area (Å²) in [5, 5.41) is 4.50. The summed E-state index contributed by atoms with van der Waals surface area (Å²) in [4.78, 5) is 21.3. The van der Waals surface area contributed by atoms with Crippen molar-refractivity contribution in [2.75, 3.05) is 25.1 Å². The van der Waals surface area contributed by atoms with Crippen molar-refractivity contribution < 1.29 is 13.9 Å². The first kappa shape index (κ1) is 18.6. The van der Waals surface area contributed by atoms with Gasteiger partial charge in [-0.15, -0.1) is 0 Å². The van der Waals surface area contributed by atoms with E-state index in [0.29, 0.717) is 12.3 Å². The van der Waals surface area contributed by atoms with Crippen LogP contribution in [0.1, 0.15) is 19.3 Å². The highest BCUT2D eigenvalue weighted by Gasteiger charge is 2.51. The van der Waals surface area contributed by atoms with E-state index in [-0.39, 0.29) is 18.0 Å². The second-order valence-corrected chi connectivity index (χ2v) is 8.76. The maximum Gasteiger partial charge on any atom is 0.229 e. The smallest absolute Gasteiger partial charge is 0.229 e. The molecule has 7 nitrogen and oxygen atoms in total. The first-order chi connectivity index (χ1) is 15.1. The molecule has 8 heteroatoms. The molecule has 2 saturated heterocycles. The number of fused-ring (bicyclic) bond motifs is 3. The Morgan fingerprint density at radius 3 is 2.61 bits per heavy atom. The fourth-order valence-electron chi connectivity index (χ4n) is 5.20. The number of nitrogens with zero attached hydrogens (tertiary/aromatic N) is 5. The molecule has 5 heterocycles. The zero-order chi connectivity index (χ0) is 21.1. The summed E-state index contributed by atoms with van der Waals surface area (Å²) in [6.07, 6.45) is 7.00. The van der Waals surface area contributed by atoms with Gasteiger partial charge in [-0.05, 0) is 43.0 Å². The number of halogens is 1. The van der Waals surface area contributed by atoms with E-state index in [2.05, 4.69) is 21.0 Å². The van der Waals surface area contributed by atoms with Crippen molar-refractivity contribution in [3.05, 3.63) is 42.9 Å².